The van der Waals surface area contributed by atoms with E-state index in [2.05, 4.69) is 30.6 Å². The van der Waals surface area contributed by atoms with Crippen LogP contribution in [-0.4, -0.2) is 13.7 Å². The molecule has 1 atom stereocenters. The summed E-state index contributed by atoms with van der Waals surface area (Å²) in [6.45, 7) is 5.18. The monoisotopic (exact) mass is 343 g/mol. The van der Waals surface area contributed by atoms with Gasteiger partial charge in [0.2, 0.25) is 0 Å². The third-order valence-corrected chi connectivity index (χ3v) is 5.05. The summed E-state index contributed by atoms with van der Waals surface area (Å²) in [7, 11) is 1.59. The van der Waals surface area contributed by atoms with Crippen LogP contribution in [0.5, 0.6) is 5.75 Å². The zero-order chi connectivity index (χ0) is 15.4. The Balaban J connectivity index is 2.46. The zero-order valence-electron chi connectivity index (χ0n) is 12.4. The van der Waals surface area contributed by atoms with Crippen LogP contribution in [0.4, 0.5) is 0 Å². The molecule has 5 heteroatoms. The highest BCUT2D eigenvalue weighted by Gasteiger charge is 2.21. The predicted octanol–water partition coefficient (Wildman–Crippen LogP) is 5.46. The highest BCUT2D eigenvalue weighted by atomic mass is 35.5. The molecule has 1 heterocycles. The molecule has 0 radical (unpaired) electrons. The van der Waals surface area contributed by atoms with Crippen molar-refractivity contribution in [3.63, 3.8) is 0 Å². The summed E-state index contributed by atoms with van der Waals surface area (Å²) < 4.78 is 5.22. The molecule has 2 rings (SSSR count). The van der Waals surface area contributed by atoms with Gasteiger partial charge >= 0.3 is 0 Å². The Morgan fingerprint density at radius 2 is 2.05 bits per heavy atom. The highest BCUT2D eigenvalue weighted by molar-refractivity contribution is 7.10. The topological polar surface area (TPSA) is 21.3 Å². The van der Waals surface area contributed by atoms with Gasteiger partial charge in [0.05, 0.1) is 18.2 Å². The van der Waals surface area contributed by atoms with Crippen LogP contribution in [0.3, 0.4) is 0 Å². The van der Waals surface area contributed by atoms with Gasteiger partial charge in [-0.05, 0) is 48.5 Å². The maximum Gasteiger partial charge on any atom is 0.138 e. The average molecular weight is 344 g/mol. The second-order valence-corrected chi connectivity index (χ2v) is 6.63. The third-order valence-electron chi connectivity index (χ3n) is 3.34. The number of thiophene rings is 1. The first-order chi connectivity index (χ1) is 10.1. The molecule has 0 amide bonds. The van der Waals surface area contributed by atoms with Gasteiger partial charge in [-0.2, -0.15) is 0 Å². The van der Waals surface area contributed by atoms with E-state index in [1.165, 1.54) is 10.4 Å². The molecule has 0 saturated heterocycles. The van der Waals surface area contributed by atoms with Gasteiger partial charge in [0, 0.05) is 16.0 Å². The molecule has 0 aliphatic heterocycles. The van der Waals surface area contributed by atoms with E-state index in [-0.39, 0.29) is 6.04 Å². The summed E-state index contributed by atoms with van der Waals surface area (Å²) in [4.78, 5) is 1.27. The van der Waals surface area contributed by atoms with Crippen LogP contribution in [-0.2, 0) is 0 Å². The molecule has 0 fully saturated rings. The van der Waals surface area contributed by atoms with Crippen molar-refractivity contribution < 1.29 is 4.74 Å². The molecule has 1 aromatic carbocycles. The summed E-state index contributed by atoms with van der Waals surface area (Å²) in [5, 5.41) is 6.91. The first-order valence-corrected chi connectivity index (χ1v) is 8.52. The molecule has 114 valence electrons. The van der Waals surface area contributed by atoms with Crippen molar-refractivity contribution in [2.45, 2.75) is 26.3 Å². The van der Waals surface area contributed by atoms with E-state index in [0.717, 1.165) is 18.5 Å². The van der Waals surface area contributed by atoms with Crippen LogP contribution in [0.15, 0.2) is 23.6 Å². The smallest absolute Gasteiger partial charge is 0.138 e. The first kappa shape index (κ1) is 16.6. The molecule has 0 saturated carbocycles. The largest absolute Gasteiger partial charge is 0.495 e. The standard InChI is InChI=1S/C16H19Cl2NOS/c1-4-6-19-15(16-10(2)5-7-21-16)11-8-13(18)14(20-3)9-12(11)17/h5,7-9,15,19H,4,6H2,1-3H3. The van der Waals surface area contributed by atoms with E-state index in [1.807, 2.05) is 6.07 Å². The van der Waals surface area contributed by atoms with Gasteiger partial charge < -0.3 is 10.1 Å². The van der Waals surface area contributed by atoms with Crippen LogP contribution in [0.25, 0.3) is 0 Å². The lowest BCUT2D eigenvalue weighted by molar-refractivity contribution is 0.414. The van der Waals surface area contributed by atoms with Crippen LogP contribution >= 0.6 is 34.5 Å². The van der Waals surface area contributed by atoms with Crippen LogP contribution in [0.2, 0.25) is 10.0 Å². The number of nitrogens with one attached hydrogen (secondary N) is 1. The van der Waals surface area contributed by atoms with Gasteiger partial charge in [-0.25, -0.2) is 0 Å². The minimum Gasteiger partial charge on any atom is -0.495 e. The van der Waals surface area contributed by atoms with Gasteiger partial charge in [-0.3, -0.25) is 0 Å². The van der Waals surface area contributed by atoms with Gasteiger partial charge in [0.1, 0.15) is 5.75 Å². The van der Waals surface area contributed by atoms with Crippen LogP contribution in [0.1, 0.15) is 35.4 Å². The molecule has 0 spiro atoms. The Morgan fingerprint density at radius 1 is 1.29 bits per heavy atom. The molecule has 1 aromatic heterocycles. The quantitative estimate of drug-likeness (QED) is 0.751. The maximum atomic E-state index is 6.45. The Hall–Kier alpha value is -0.740. The Morgan fingerprint density at radius 3 is 2.62 bits per heavy atom. The SMILES string of the molecule is CCCNC(c1cc(Cl)c(OC)cc1Cl)c1sccc1C. The lowest BCUT2D eigenvalue weighted by atomic mass is 10.0. The summed E-state index contributed by atoms with van der Waals surface area (Å²) in [5.74, 6) is 0.600. The zero-order valence-corrected chi connectivity index (χ0v) is 14.7. The van der Waals surface area contributed by atoms with E-state index in [9.17, 15) is 0 Å². The van der Waals surface area contributed by atoms with Crippen molar-refractivity contribution in [2.75, 3.05) is 13.7 Å². The summed E-state index contributed by atoms with van der Waals surface area (Å²) in [6.07, 6.45) is 1.06. The fourth-order valence-electron chi connectivity index (χ4n) is 2.23. The number of ether oxygens (including phenoxy) is 1. The number of rotatable bonds is 6. The third kappa shape index (κ3) is 3.72. The van der Waals surface area contributed by atoms with E-state index < -0.39 is 0 Å². The second-order valence-electron chi connectivity index (χ2n) is 4.86. The summed E-state index contributed by atoms with van der Waals surface area (Å²) in [5.41, 5.74) is 2.25. The molecule has 2 aromatic rings. The molecule has 1 unspecified atom stereocenters. The minimum atomic E-state index is 0.0563. The molecule has 21 heavy (non-hydrogen) atoms. The van der Waals surface area contributed by atoms with Crippen LogP contribution in [0, 0.1) is 6.92 Å². The Kier molecular flexibility index (Phi) is 5.94. The van der Waals surface area contributed by atoms with E-state index >= 15 is 0 Å². The summed E-state index contributed by atoms with van der Waals surface area (Å²) in [6, 6.07) is 5.86. The number of hydrogen-bond donors (Lipinski definition) is 1. The van der Waals surface area contributed by atoms with Gasteiger partial charge in [-0.1, -0.05) is 30.1 Å². The Bertz CT molecular complexity index is 612. The maximum absolute atomic E-state index is 6.45. The van der Waals surface area contributed by atoms with Crippen molar-refractivity contribution >= 4 is 34.5 Å². The van der Waals surface area contributed by atoms with Gasteiger partial charge in [0.25, 0.3) is 0 Å². The van der Waals surface area contributed by atoms with E-state index in [1.54, 1.807) is 24.5 Å². The van der Waals surface area contributed by atoms with E-state index in [4.69, 9.17) is 27.9 Å². The number of methoxy groups -OCH3 is 1. The van der Waals surface area contributed by atoms with Gasteiger partial charge in [-0.15, -0.1) is 11.3 Å². The lowest BCUT2D eigenvalue weighted by Crippen LogP contribution is -2.23. The minimum absolute atomic E-state index is 0.0563. The highest BCUT2D eigenvalue weighted by Crippen LogP contribution is 2.38. The number of hydrogen-bond acceptors (Lipinski definition) is 3. The molecule has 1 N–H and O–H groups in total. The average Bonchev–Trinajstić information content (AvgIpc) is 2.88. The van der Waals surface area contributed by atoms with Crippen molar-refractivity contribution in [1.82, 2.24) is 5.32 Å². The molecule has 0 aliphatic carbocycles. The van der Waals surface area contributed by atoms with Crippen LogP contribution < -0.4 is 10.1 Å². The molecule has 2 nitrogen and oxygen atoms in total. The fourth-order valence-corrected chi connectivity index (χ4v) is 3.77. The second kappa shape index (κ2) is 7.50. The van der Waals surface area contributed by atoms with Crippen molar-refractivity contribution in [1.29, 1.82) is 0 Å². The fraction of sp³-hybridized carbons (Fsp3) is 0.375. The normalized spacial score (nSPS) is 12.4. The van der Waals surface area contributed by atoms with Crippen molar-refractivity contribution in [3.05, 3.63) is 49.6 Å². The first-order valence-electron chi connectivity index (χ1n) is 6.88. The lowest BCUT2D eigenvalue weighted by Gasteiger charge is -2.21. The molecular weight excluding hydrogens is 325 g/mol. The molecule has 0 aliphatic rings. The number of halogens is 2. The summed E-state index contributed by atoms with van der Waals surface area (Å²) >= 11 is 14.5. The molecule has 0 bridgehead atoms. The molecular formula is C16H19Cl2NOS. The Labute approximate surface area is 140 Å². The number of aryl methyl sites for hydroxylation is 1. The van der Waals surface area contributed by atoms with Crippen molar-refractivity contribution in [3.8, 4) is 5.75 Å². The number of benzene rings is 1. The van der Waals surface area contributed by atoms with E-state index in [0.29, 0.717) is 15.8 Å². The predicted molar refractivity (Wildman–Crippen MR) is 92.2 cm³/mol. The van der Waals surface area contributed by atoms with Gasteiger partial charge in [0.15, 0.2) is 0 Å². The van der Waals surface area contributed by atoms with Crippen molar-refractivity contribution in [2.24, 2.45) is 0 Å².